The van der Waals surface area contributed by atoms with E-state index in [-0.39, 0.29) is 5.41 Å². The van der Waals surface area contributed by atoms with Crippen molar-refractivity contribution in [2.45, 2.75) is 59.8 Å². The third-order valence-corrected chi connectivity index (χ3v) is 4.90. The SMILES string of the molecule is CC1(C)C[C@H]2[C@H](CCCC2(C)C)CC1=O. The molecule has 1 heteroatoms. The van der Waals surface area contributed by atoms with Crippen LogP contribution in [0.3, 0.4) is 0 Å². The molecule has 2 rings (SSSR count). The largest absolute Gasteiger partial charge is 0.299 e. The van der Waals surface area contributed by atoms with E-state index in [0.29, 0.717) is 17.1 Å². The van der Waals surface area contributed by atoms with Crippen LogP contribution in [0.25, 0.3) is 0 Å². The third-order valence-electron chi connectivity index (χ3n) is 4.90. The van der Waals surface area contributed by atoms with E-state index in [4.69, 9.17) is 0 Å². The van der Waals surface area contributed by atoms with Gasteiger partial charge in [0.15, 0.2) is 0 Å². The maximum absolute atomic E-state index is 12.0. The summed E-state index contributed by atoms with van der Waals surface area (Å²) in [5.41, 5.74) is 0.399. The van der Waals surface area contributed by atoms with E-state index in [0.717, 1.165) is 18.8 Å². The number of hydrogen-bond acceptors (Lipinski definition) is 1. The Morgan fingerprint density at radius 2 is 1.87 bits per heavy atom. The summed E-state index contributed by atoms with van der Waals surface area (Å²) in [6.07, 6.45) is 5.92. The number of Topliss-reactive ketones (excluding diaryl/α,β-unsaturated/α-hetero) is 1. The minimum atomic E-state index is -0.0597. The average Bonchev–Trinajstić information content (AvgIpc) is 2.08. The first-order chi connectivity index (χ1) is 6.83. The Morgan fingerprint density at radius 3 is 2.53 bits per heavy atom. The van der Waals surface area contributed by atoms with Gasteiger partial charge in [0.25, 0.3) is 0 Å². The van der Waals surface area contributed by atoms with Crippen LogP contribution < -0.4 is 0 Å². The van der Waals surface area contributed by atoms with Crippen molar-refractivity contribution in [2.24, 2.45) is 22.7 Å². The van der Waals surface area contributed by atoms with E-state index in [1.165, 1.54) is 19.3 Å². The molecule has 0 saturated heterocycles. The van der Waals surface area contributed by atoms with Gasteiger partial charge in [-0.05, 0) is 36.5 Å². The fourth-order valence-corrected chi connectivity index (χ4v) is 3.71. The zero-order valence-corrected chi connectivity index (χ0v) is 10.6. The van der Waals surface area contributed by atoms with Gasteiger partial charge in [0.2, 0.25) is 0 Å². The van der Waals surface area contributed by atoms with Crippen molar-refractivity contribution in [1.29, 1.82) is 0 Å². The summed E-state index contributed by atoms with van der Waals surface area (Å²) in [5, 5.41) is 0. The summed E-state index contributed by atoms with van der Waals surface area (Å²) in [4.78, 5) is 12.0. The van der Waals surface area contributed by atoms with Crippen LogP contribution in [0.1, 0.15) is 59.8 Å². The molecule has 0 heterocycles. The summed E-state index contributed by atoms with van der Waals surface area (Å²) in [6.45, 7) is 9.07. The normalized spacial score (nSPS) is 38.5. The molecule has 0 spiro atoms. The number of hydrogen-bond donors (Lipinski definition) is 0. The molecule has 0 aromatic heterocycles. The van der Waals surface area contributed by atoms with Crippen molar-refractivity contribution < 1.29 is 4.79 Å². The molecule has 2 fully saturated rings. The van der Waals surface area contributed by atoms with Gasteiger partial charge < -0.3 is 0 Å². The molecule has 0 N–H and O–H groups in total. The van der Waals surface area contributed by atoms with Gasteiger partial charge in [-0.15, -0.1) is 0 Å². The lowest BCUT2D eigenvalue weighted by molar-refractivity contribution is -0.137. The molecule has 0 amide bonds. The van der Waals surface area contributed by atoms with Crippen LogP contribution in [0.4, 0.5) is 0 Å². The van der Waals surface area contributed by atoms with Gasteiger partial charge in [-0.2, -0.15) is 0 Å². The highest BCUT2D eigenvalue weighted by molar-refractivity contribution is 5.85. The van der Waals surface area contributed by atoms with Crippen LogP contribution >= 0.6 is 0 Å². The number of rotatable bonds is 0. The molecule has 0 aliphatic heterocycles. The van der Waals surface area contributed by atoms with Gasteiger partial charge in [-0.3, -0.25) is 4.79 Å². The van der Waals surface area contributed by atoms with Gasteiger partial charge in [0, 0.05) is 11.8 Å². The molecule has 1 nitrogen and oxygen atoms in total. The molecule has 2 saturated carbocycles. The molecular formula is C14H24O. The zero-order valence-electron chi connectivity index (χ0n) is 10.6. The summed E-state index contributed by atoms with van der Waals surface area (Å²) < 4.78 is 0. The topological polar surface area (TPSA) is 17.1 Å². The fraction of sp³-hybridized carbons (Fsp3) is 0.929. The van der Waals surface area contributed by atoms with Gasteiger partial charge in [-0.1, -0.05) is 34.1 Å². The molecule has 15 heavy (non-hydrogen) atoms. The lowest BCUT2D eigenvalue weighted by Gasteiger charge is -2.50. The molecule has 2 atom stereocenters. The average molecular weight is 208 g/mol. The van der Waals surface area contributed by atoms with Crippen LogP contribution in [-0.2, 0) is 4.79 Å². The molecule has 0 unspecified atom stereocenters. The monoisotopic (exact) mass is 208 g/mol. The zero-order chi connectivity index (χ0) is 11.3. The smallest absolute Gasteiger partial charge is 0.138 e. The summed E-state index contributed by atoms with van der Waals surface area (Å²) in [7, 11) is 0. The third kappa shape index (κ3) is 1.86. The van der Waals surface area contributed by atoms with Gasteiger partial charge in [0.1, 0.15) is 5.78 Å². The molecule has 0 radical (unpaired) electrons. The quantitative estimate of drug-likeness (QED) is 0.591. The Labute approximate surface area is 93.6 Å². The standard InChI is InChI=1S/C14H24O/c1-13(2)7-5-6-10-8-12(15)14(3,4)9-11(10)13/h10-11H,5-9H2,1-4H3/t10-,11+/m1/s1. The predicted octanol–water partition coefficient (Wildman–Crippen LogP) is 3.82. The highest BCUT2D eigenvalue weighted by atomic mass is 16.1. The van der Waals surface area contributed by atoms with Crippen molar-refractivity contribution in [3.63, 3.8) is 0 Å². The van der Waals surface area contributed by atoms with Crippen molar-refractivity contribution in [3.8, 4) is 0 Å². The predicted molar refractivity (Wildman–Crippen MR) is 62.6 cm³/mol. The van der Waals surface area contributed by atoms with Crippen LogP contribution in [0.15, 0.2) is 0 Å². The van der Waals surface area contributed by atoms with E-state index >= 15 is 0 Å². The number of fused-ring (bicyclic) bond motifs is 1. The Hall–Kier alpha value is -0.330. The first-order valence-electron chi connectivity index (χ1n) is 6.36. The van der Waals surface area contributed by atoms with Crippen molar-refractivity contribution in [3.05, 3.63) is 0 Å². The lowest BCUT2D eigenvalue weighted by atomic mass is 9.54. The highest BCUT2D eigenvalue weighted by Crippen LogP contribution is 2.53. The van der Waals surface area contributed by atoms with Crippen LogP contribution in [0.2, 0.25) is 0 Å². The van der Waals surface area contributed by atoms with Crippen LogP contribution in [0, 0.1) is 22.7 Å². The Kier molecular flexibility index (Phi) is 2.48. The highest BCUT2D eigenvalue weighted by Gasteiger charge is 2.48. The Bertz CT molecular complexity index is 275. The maximum atomic E-state index is 12.0. The first-order valence-corrected chi connectivity index (χ1v) is 6.36. The number of carbonyl (C=O) groups excluding carboxylic acids is 1. The van der Waals surface area contributed by atoms with E-state index in [1.54, 1.807) is 0 Å². The van der Waals surface area contributed by atoms with Crippen LogP contribution in [0.5, 0.6) is 0 Å². The van der Waals surface area contributed by atoms with E-state index in [9.17, 15) is 4.79 Å². The molecule has 2 aliphatic carbocycles. The van der Waals surface area contributed by atoms with E-state index in [2.05, 4.69) is 27.7 Å². The molecule has 0 aromatic carbocycles. The van der Waals surface area contributed by atoms with E-state index in [1.807, 2.05) is 0 Å². The minimum Gasteiger partial charge on any atom is -0.299 e. The molecule has 86 valence electrons. The van der Waals surface area contributed by atoms with Crippen LogP contribution in [-0.4, -0.2) is 5.78 Å². The summed E-state index contributed by atoms with van der Waals surface area (Å²) in [5.74, 6) is 1.97. The Balaban J connectivity index is 2.23. The van der Waals surface area contributed by atoms with Crippen molar-refractivity contribution >= 4 is 5.78 Å². The minimum absolute atomic E-state index is 0.0597. The second kappa shape index (κ2) is 3.33. The van der Waals surface area contributed by atoms with Gasteiger partial charge in [-0.25, -0.2) is 0 Å². The lowest BCUT2D eigenvalue weighted by Crippen LogP contribution is -2.45. The van der Waals surface area contributed by atoms with Crippen molar-refractivity contribution in [1.82, 2.24) is 0 Å². The van der Waals surface area contributed by atoms with E-state index < -0.39 is 0 Å². The first kappa shape index (κ1) is 11.2. The molecule has 0 bridgehead atoms. The molecule has 0 aromatic rings. The molecule has 2 aliphatic rings. The second-order valence-electron chi connectivity index (χ2n) is 6.96. The number of ketones is 1. The number of carbonyl (C=O) groups is 1. The molecular weight excluding hydrogens is 184 g/mol. The second-order valence-corrected chi connectivity index (χ2v) is 6.96. The van der Waals surface area contributed by atoms with Gasteiger partial charge in [0.05, 0.1) is 0 Å². The summed E-state index contributed by atoms with van der Waals surface area (Å²) in [6, 6.07) is 0. The summed E-state index contributed by atoms with van der Waals surface area (Å²) >= 11 is 0. The fourth-order valence-electron chi connectivity index (χ4n) is 3.71. The van der Waals surface area contributed by atoms with Crippen molar-refractivity contribution in [2.75, 3.05) is 0 Å². The van der Waals surface area contributed by atoms with Gasteiger partial charge >= 0.3 is 0 Å². The Morgan fingerprint density at radius 1 is 1.20 bits per heavy atom. The maximum Gasteiger partial charge on any atom is 0.138 e.